The molecule has 2 heterocycles. The van der Waals surface area contributed by atoms with Crippen molar-refractivity contribution in [3.8, 4) is 0 Å². The van der Waals surface area contributed by atoms with Gasteiger partial charge in [0, 0.05) is 31.7 Å². The maximum Gasteiger partial charge on any atom is 0.288 e. The van der Waals surface area contributed by atoms with Gasteiger partial charge in [-0.25, -0.2) is 8.42 Å². The van der Waals surface area contributed by atoms with E-state index in [1.807, 2.05) is 19.1 Å². The molecule has 1 unspecified atom stereocenters. The van der Waals surface area contributed by atoms with E-state index in [0.717, 1.165) is 5.56 Å². The monoisotopic (exact) mass is 495 g/mol. The van der Waals surface area contributed by atoms with E-state index in [9.17, 15) is 22.8 Å². The van der Waals surface area contributed by atoms with Gasteiger partial charge < -0.3 is 19.5 Å². The maximum absolute atomic E-state index is 13.4. The summed E-state index contributed by atoms with van der Waals surface area (Å²) in [6.45, 7) is 2.64. The topological polar surface area (TPSA) is 117 Å². The Kier molecular flexibility index (Phi) is 7.02. The van der Waals surface area contributed by atoms with Crippen molar-refractivity contribution in [1.29, 1.82) is 0 Å². The molecule has 9 nitrogen and oxygen atoms in total. The van der Waals surface area contributed by atoms with E-state index in [1.165, 1.54) is 35.4 Å². The van der Waals surface area contributed by atoms with Gasteiger partial charge in [0.1, 0.15) is 0 Å². The quantitative estimate of drug-likeness (QED) is 0.560. The minimum atomic E-state index is -4.26. The summed E-state index contributed by atoms with van der Waals surface area (Å²) in [5.41, 5.74) is 1.52. The molecule has 3 aromatic rings. The van der Waals surface area contributed by atoms with Crippen molar-refractivity contribution in [1.82, 2.24) is 15.1 Å². The van der Waals surface area contributed by atoms with Gasteiger partial charge in [0.2, 0.25) is 15.2 Å². The Morgan fingerprint density at radius 1 is 0.886 bits per heavy atom. The number of furan rings is 1. The number of hydrogen-bond donors (Lipinski definition) is 1. The van der Waals surface area contributed by atoms with Crippen LogP contribution in [0.4, 0.5) is 0 Å². The molecule has 0 saturated carbocycles. The second-order valence-corrected chi connectivity index (χ2v) is 10.2. The lowest BCUT2D eigenvalue weighted by Crippen LogP contribution is -2.57. The van der Waals surface area contributed by atoms with Crippen LogP contribution in [0.15, 0.2) is 82.3 Å². The van der Waals surface area contributed by atoms with Gasteiger partial charge in [0.25, 0.3) is 17.7 Å². The number of amides is 3. The second kappa shape index (κ2) is 10.1. The molecular formula is C25H25N3O6S. The molecule has 35 heavy (non-hydrogen) atoms. The number of piperazine rings is 1. The first-order valence-electron chi connectivity index (χ1n) is 11.1. The van der Waals surface area contributed by atoms with E-state index in [-0.39, 0.29) is 42.7 Å². The van der Waals surface area contributed by atoms with Crippen LogP contribution in [-0.4, -0.2) is 67.5 Å². The third-order valence-electron chi connectivity index (χ3n) is 5.76. The van der Waals surface area contributed by atoms with Crippen molar-refractivity contribution in [3.05, 3.63) is 89.9 Å². The van der Waals surface area contributed by atoms with Gasteiger partial charge in [0.05, 0.1) is 11.2 Å². The number of carbonyl (C=O) groups excluding carboxylic acids is 3. The molecule has 2 aromatic carbocycles. The highest BCUT2D eigenvalue weighted by molar-refractivity contribution is 7.92. The first-order valence-corrected chi connectivity index (χ1v) is 12.6. The fourth-order valence-electron chi connectivity index (χ4n) is 3.87. The summed E-state index contributed by atoms with van der Waals surface area (Å²) in [5, 5.41) is 0.483. The predicted octanol–water partition coefficient (Wildman–Crippen LogP) is 2.10. The highest BCUT2D eigenvalue weighted by Gasteiger charge is 2.40. The molecule has 3 amide bonds. The van der Waals surface area contributed by atoms with Crippen LogP contribution in [0, 0.1) is 6.92 Å². The minimum absolute atomic E-state index is 0.0913. The molecule has 1 aromatic heterocycles. The molecule has 182 valence electrons. The smallest absolute Gasteiger partial charge is 0.288 e. The third-order valence-corrected chi connectivity index (χ3v) is 7.63. The summed E-state index contributed by atoms with van der Waals surface area (Å²) < 4.78 is 31.8. The number of sulfone groups is 1. The van der Waals surface area contributed by atoms with Crippen molar-refractivity contribution in [2.24, 2.45) is 0 Å². The first kappa shape index (κ1) is 24.2. The summed E-state index contributed by atoms with van der Waals surface area (Å²) in [6, 6.07) is 17.6. The molecule has 1 aliphatic heterocycles. The largest absolute Gasteiger partial charge is 0.459 e. The Morgan fingerprint density at radius 3 is 2.20 bits per heavy atom. The van der Waals surface area contributed by atoms with Crippen LogP contribution in [0.25, 0.3) is 0 Å². The van der Waals surface area contributed by atoms with Crippen molar-refractivity contribution in [3.63, 3.8) is 0 Å². The number of nitrogens with zero attached hydrogens (tertiary/aromatic N) is 2. The van der Waals surface area contributed by atoms with Crippen LogP contribution in [0.5, 0.6) is 0 Å². The van der Waals surface area contributed by atoms with Gasteiger partial charge in [0.15, 0.2) is 5.76 Å². The van der Waals surface area contributed by atoms with E-state index in [0.29, 0.717) is 5.56 Å². The summed E-state index contributed by atoms with van der Waals surface area (Å²) in [6.07, 6.45) is 1.28. The Hall–Kier alpha value is -3.92. The van der Waals surface area contributed by atoms with Crippen molar-refractivity contribution in [2.75, 3.05) is 26.2 Å². The van der Waals surface area contributed by atoms with Crippen LogP contribution in [0.2, 0.25) is 0 Å². The molecule has 10 heteroatoms. The van der Waals surface area contributed by atoms with Crippen LogP contribution in [0.3, 0.4) is 0 Å². The second-order valence-electron chi connectivity index (χ2n) is 8.18. The number of nitrogens with one attached hydrogen (secondary N) is 1. The van der Waals surface area contributed by atoms with E-state index in [4.69, 9.17) is 4.42 Å². The van der Waals surface area contributed by atoms with Gasteiger partial charge in [-0.2, -0.15) is 0 Å². The molecule has 0 bridgehead atoms. The van der Waals surface area contributed by atoms with Gasteiger partial charge in [-0.1, -0.05) is 35.9 Å². The standard InChI is InChI=1S/C25H25N3O6S/c1-18-7-5-8-19(17-18)24(30)27-12-14-28(15-13-27)25(31)23(26-22(29)21-11-6-16-34-21)35(32,33)20-9-3-2-4-10-20/h2-11,16-17,23H,12-15H2,1H3,(H,26,29). The lowest BCUT2D eigenvalue weighted by molar-refractivity contribution is -0.132. The molecule has 1 aliphatic rings. The molecule has 4 rings (SSSR count). The molecule has 1 saturated heterocycles. The van der Waals surface area contributed by atoms with Gasteiger partial charge in [-0.05, 0) is 43.3 Å². The number of aryl methyl sites for hydroxylation is 1. The molecule has 1 N–H and O–H groups in total. The Labute approximate surface area is 203 Å². The zero-order valence-corrected chi connectivity index (χ0v) is 19.9. The van der Waals surface area contributed by atoms with Crippen molar-refractivity contribution in [2.45, 2.75) is 17.2 Å². The van der Waals surface area contributed by atoms with Crippen LogP contribution in [0.1, 0.15) is 26.5 Å². The SMILES string of the molecule is Cc1cccc(C(=O)N2CCN(C(=O)C(NC(=O)c3ccco3)S(=O)(=O)c3ccccc3)CC2)c1. The lowest BCUT2D eigenvalue weighted by Gasteiger charge is -2.36. The summed E-state index contributed by atoms with van der Waals surface area (Å²) in [7, 11) is -4.26. The number of benzene rings is 2. The normalized spacial score (nSPS) is 14.9. The molecule has 1 fully saturated rings. The predicted molar refractivity (Wildman–Crippen MR) is 127 cm³/mol. The van der Waals surface area contributed by atoms with E-state index in [2.05, 4.69) is 5.32 Å². The van der Waals surface area contributed by atoms with E-state index >= 15 is 0 Å². The fraction of sp³-hybridized carbons (Fsp3) is 0.240. The van der Waals surface area contributed by atoms with Crippen LogP contribution in [-0.2, 0) is 14.6 Å². The summed E-state index contributed by atoms with van der Waals surface area (Å²) in [4.78, 5) is 41.8. The van der Waals surface area contributed by atoms with Crippen molar-refractivity contribution < 1.29 is 27.2 Å². The molecule has 0 radical (unpaired) electrons. The highest BCUT2D eigenvalue weighted by Crippen LogP contribution is 2.19. The van der Waals surface area contributed by atoms with Gasteiger partial charge in [-0.15, -0.1) is 0 Å². The van der Waals surface area contributed by atoms with E-state index < -0.39 is 27.0 Å². The number of carbonyl (C=O) groups is 3. The number of rotatable bonds is 6. The molecule has 0 spiro atoms. The lowest BCUT2D eigenvalue weighted by atomic mass is 10.1. The zero-order chi connectivity index (χ0) is 25.0. The first-order chi connectivity index (χ1) is 16.8. The summed E-state index contributed by atoms with van der Waals surface area (Å²) >= 11 is 0. The average molecular weight is 496 g/mol. The molecule has 0 aliphatic carbocycles. The highest BCUT2D eigenvalue weighted by atomic mass is 32.2. The van der Waals surface area contributed by atoms with E-state index in [1.54, 1.807) is 35.2 Å². The maximum atomic E-state index is 13.4. The van der Waals surface area contributed by atoms with Crippen molar-refractivity contribution >= 4 is 27.6 Å². The third kappa shape index (κ3) is 5.27. The van der Waals surface area contributed by atoms with Crippen LogP contribution < -0.4 is 5.32 Å². The molecule has 1 atom stereocenters. The average Bonchev–Trinajstić information content (AvgIpc) is 3.42. The van der Waals surface area contributed by atoms with Gasteiger partial charge in [-0.3, -0.25) is 14.4 Å². The number of hydrogen-bond acceptors (Lipinski definition) is 6. The Balaban J connectivity index is 1.52. The minimum Gasteiger partial charge on any atom is -0.459 e. The summed E-state index contributed by atoms with van der Waals surface area (Å²) in [5.74, 6) is -1.85. The zero-order valence-electron chi connectivity index (χ0n) is 19.1. The molecular weight excluding hydrogens is 470 g/mol. The Morgan fingerprint density at radius 2 is 1.57 bits per heavy atom. The Bertz CT molecular complexity index is 1310. The van der Waals surface area contributed by atoms with Gasteiger partial charge >= 0.3 is 0 Å². The van der Waals surface area contributed by atoms with Crippen LogP contribution >= 0.6 is 0 Å². The fourth-order valence-corrected chi connectivity index (χ4v) is 5.36.